The van der Waals surface area contributed by atoms with Gasteiger partial charge < -0.3 is 14.2 Å². The van der Waals surface area contributed by atoms with Gasteiger partial charge >= 0.3 is 5.97 Å². The maximum Gasteiger partial charge on any atom is 0.328 e. The Balaban J connectivity index is 1.47. The van der Waals surface area contributed by atoms with Gasteiger partial charge in [0.1, 0.15) is 13.2 Å². The van der Waals surface area contributed by atoms with Gasteiger partial charge in [0, 0.05) is 11.8 Å². The number of para-hydroxylation sites is 1. The highest BCUT2D eigenvalue weighted by Gasteiger charge is 2.16. The molecule has 144 valence electrons. The van der Waals surface area contributed by atoms with Gasteiger partial charge in [-0.3, -0.25) is 14.3 Å². The highest BCUT2D eigenvalue weighted by Crippen LogP contribution is 2.38. The molecule has 0 aliphatic carbocycles. The van der Waals surface area contributed by atoms with Gasteiger partial charge in [-0.05, 0) is 29.8 Å². The van der Waals surface area contributed by atoms with Crippen LogP contribution in [0.3, 0.4) is 0 Å². The van der Waals surface area contributed by atoms with E-state index < -0.39 is 5.97 Å². The maximum atomic E-state index is 12.3. The minimum Gasteiger partial charge on any atom is -0.489 e. The van der Waals surface area contributed by atoms with Crippen molar-refractivity contribution < 1.29 is 19.0 Å². The van der Waals surface area contributed by atoms with E-state index in [4.69, 9.17) is 25.8 Å². The second-order valence-corrected chi connectivity index (χ2v) is 6.71. The maximum absolute atomic E-state index is 12.3. The quantitative estimate of drug-likeness (QED) is 0.626. The Morgan fingerprint density at radius 2 is 2.04 bits per heavy atom. The third-order valence-corrected chi connectivity index (χ3v) is 4.58. The van der Waals surface area contributed by atoms with Gasteiger partial charge in [0.15, 0.2) is 11.5 Å². The molecule has 0 saturated heterocycles. The molecule has 1 aliphatic heterocycles. The summed E-state index contributed by atoms with van der Waals surface area (Å²) in [6.45, 7) is 1.01. The summed E-state index contributed by atoms with van der Waals surface area (Å²) in [4.78, 5) is 24.2. The van der Waals surface area contributed by atoms with Crippen LogP contribution in [0.4, 0.5) is 0 Å². The fourth-order valence-electron chi connectivity index (χ4n) is 2.99. The second kappa shape index (κ2) is 7.90. The van der Waals surface area contributed by atoms with Crippen LogP contribution in [0.5, 0.6) is 11.5 Å². The van der Waals surface area contributed by atoms with Gasteiger partial charge in [0.25, 0.3) is 0 Å². The van der Waals surface area contributed by atoms with Crippen molar-refractivity contribution in [2.24, 2.45) is 0 Å². The molecule has 0 amide bonds. The van der Waals surface area contributed by atoms with Crippen LogP contribution < -0.4 is 14.9 Å². The molecule has 0 fully saturated rings. The van der Waals surface area contributed by atoms with Crippen molar-refractivity contribution in [3.63, 3.8) is 0 Å². The Bertz CT molecular complexity index is 1100. The molecule has 0 unspecified atom stereocenters. The van der Waals surface area contributed by atoms with E-state index in [9.17, 15) is 9.59 Å². The number of benzene rings is 2. The topological polar surface area (TPSA) is 79.7 Å². The molecule has 2 aromatic carbocycles. The number of fused-ring (bicyclic) bond motifs is 2. The van der Waals surface area contributed by atoms with Crippen LogP contribution in [0.25, 0.3) is 10.9 Å². The smallest absolute Gasteiger partial charge is 0.328 e. The van der Waals surface area contributed by atoms with E-state index in [1.54, 1.807) is 36.4 Å². The van der Waals surface area contributed by atoms with E-state index in [1.165, 1.54) is 10.9 Å². The summed E-state index contributed by atoms with van der Waals surface area (Å²) in [5.41, 5.74) is 1.08. The predicted octanol–water partition coefficient (Wildman–Crippen LogP) is 2.95. The molecular weight excluding hydrogens is 384 g/mol. The van der Waals surface area contributed by atoms with E-state index in [1.807, 2.05) is 0 Å². The Labute approximate surface area is 165 Å². The minimum absolute atomic E-state index is 0.0350. The van der Waals surface area contributed by atoms with Gasteiger partial charge in [-0.2, -0.15) is 5.10 Å². The first-order chi connectivity index (χ1) is 13.6. The molecule has 0 atom stereocenters. The Morgan fingerprint density at radius 1 is 1.21 bits per heavy atom. The number of rotatable bonds is 4. The summed E-state index contributed by atoms with van der Waals surface area (Å²) in [5, 5.41) is 4.94. The van der Waals surface area contributed by atoms with Gasteiger partial charge in [-0.15, -0.1) is 0 Å². The number of nitrogens with zero attached hydrogens (tertiary/aromatic N) is 2. The lowest BCUT2D eigenvalue weighted by molar-refractivity contribution is -0.145. The lowest BCUT2D eigenvalue weighted by Crippen LogP contribution is -2.19. The van der Waals surface area contributed by atoms with Crippen LogP contribution in [-0.4, -0.2) is 29.0 Å². The first-order valence-corrected chi connectivity index (χ1v) is 9.18. The third-order valence-electron chi connectivity index (χ3n) is 4.30. The second-order valence-electron chi connectivity index (χ2n) is 6.30. The molecule has 2 heterocycles. The van der Waals surface area contributed by atoms with Crippen molar-refractivity contribution in [3.8, 4) is 11.5 Å². The van der Waals surface area contributed by atoms with Crippen molar-refractivity contribution in [3.05, 3.63) is 63.4 Å². The highest BCUT2D eigenvalue weighted by atomic mass is 35.5. The zero-order chi connectivity index (χ0) is 19.5. The van der Waals surface area contributed by atoms with E-state index in [2.05, 4.69) is 5.10 Å². The molecular formula is C20H17ClN2O5. The molecule has 4 rings (SSSR count). The molecule has 1 aliphatic rings. The average molecular weight is 401 g/mol. The van der Waals surface area contributed by atoms with Crippen molar-refractivity contribution in [2.75, 3.05) is 13.2 Å². The molecule has 1 aromatic heterocycles. The lowest BCUT2D eigenvalue weighted by Gasteiger charge is -2.12. The van der Waals surface area contributed by atoms with Crippen molar-refractivity contribution in [1.82, 2.24) is 9.78 Å². The lowest BCUT2D eigenvalue weighted by atomic mass is 10.2. The number of aromatic nitrogens is 2. The summed E-state index contributed by atoms with van der Waals surface area (Å²) >= 11 is 6.26. The zero-order valence-electron chi connectivity index (χ0n) is 14.9. The van der Waals surface area contributed by atoms with Gasteiger partial charge in [-0.1, -0.05) is 23.7 Å². The fourth-order valence-corrected chi connectivity index (χ4v) is 3.27. The SMILES string of the molecule is O=C(Cn1ncc(=O)c2ccccc21)OCc1cc(Cl)c2c(c1)OCCCO2. The Kier molecular flexibility index (Phi) is 5.16. The zero-order valence-corrected chi connectivity index (χ0v) is 15.6. The van der Waals surface area contributed by atoms with E-state index >= 15 is 0 Å². The Morgan fingerprint density at radius 3 is 2.93 bits per heavy atom. The van der Waals surface area contributed by atoms with Crippen molar-refractivity contribution in [1.29, 1.82) is 0 Å². The van der Waals surface area contributed by atoms with Crippen LogP contribution in [0.1, 0.15) is 12.0 Å². The van der Waals surface area contributed by atoms with Crippen LogP contribution in [-0.2, 0) is 22.7 Å². The number of ether oxygens (including phenoxy) is 3. The molecule has 0 N–H and O–H groups in total. The third kappa shape index (κ3) is 3.80. The minimum atomic E-state index is -0.482. The highest BCUT2D eigenvalue weighted by molar-refractivity contribution is 6.32. The summed E-state index contributed by atoms with van der Waals surface area (Å²) in [7, 11) is 0. The molecule has 0 spiro atoms. The van der Waals surface area contributed by atoms with Gasteiger partial charge in [-0.25, -0.2) is 0 Å². The summed E-state index contributed by atoms with van der Waals surface area (Å²) in [6, 6.07) is 10.4. The standard InChI is InChI=1S/C20H17ClN2O5/c21-15-8-13(9-18-20(15)27-7-3-6-26-18)12-28-19(25)11-23-16-5-2-1-4-14(16)17(24)10-22-23/h1-2,4-5,8-10H,3,6-7,11-12H2. The van der Waals surface area contributed by atoms with Crippen LogP contribution in [0.15, 0.2) is 47.4 Å². The number of halogens is 1. The first kappa shape index (κ1) is 18.3. The fraction of sp³-hybridized carbons (Fsp3) is 0.250. The average Bonchev–Trinajstić information content (AvgIpc) is 2.95. The number of hydrogen-bond donors (Lipinski definition) is 0. The molecule has 7 nitrogen and oxygen atoms in total. The van der Waals surface area contributed by atoms with E-state index in [-0.39, 0.29) is 18.6 Å². The van der Waals surface area contributed by atoms with E-state index in [0.717, 1.165) is 6.42 Å². The molecule has 8 heteroatoms. The van der Waals surface area contributed by atoms with Gasteiger partial charge in [0.2, 0.25) is 5.43 Å². The molecule has 28 heavy (non-hydrogen) atoms. The molecule has 0 radical (unpaired) electrons. The van der Waals surface area contributed by atoms with Crippen LogP contribution in [0, 0.1) is 0 Å². The van der Waals surface area contributed by atoms with Crippen molar-refractivity contribution >= 4 is 28.5 Å². The van der Waals surface area contributed by atoms with E-state index in [0.29, 0.717) is 46.2 Å². The van der Waals surface area contributed by atoms with Crippen LogP contribution in [0.2, 0.25) is 5.02 Å². The number of esters is 1. The summed E-state index contributed by atoms with van der Waals surface area (Å²) < 4.78 is 18.0. The molecule has 0 bridgehead atoms. The number of carbonyl (C=O) groups is 1. The Hall–Kier alpha value is -3.06. The normalized spacial score (nSPS) is 13.2. The van der Waals surface area contributed by atoms with Gasteiger partial charge in [0.05, 0.1) is 29.9 Å². The molecule has 0 saturated carbocycles. The van der Waals surface area contributed by atoms with Crippen molar-refractivity contribution in [2.45, 2.75) is 19.6 Å². The largest absolute Gasteiger partial charge is 0.489 e. The molecule has 3 aromatic rings. The summed E-state index contributed by atoms with van der Waals surface area (Å²) in [5.74, 6) is 0.576. The predicted molar refractivity (Wildman–Crippen MR) is 103 cm³/mol. The summed E-state index contributed by atoms with van der Waals surface area (Å²) in [6.07, 6.45) is 1.97. The number of hydrogen-bond acceptors (Lipinski definition) is 6. The number of carbonyl (C=O) groups excluding carboxylic acids is 1. The van der Waals surface area contributed by atoms with Crippen LogP contribution >= 0.6 is 11.6 Å². The monoisotopic (exact) mass is 400 g/mol. The first-order valence-electron chi connectivity index (χ1n) is 8.80.